The number of nitrogens with zero attached hydrogens (tertiary/aromatic N) is 2. The molecule has 8 heteroatoms. The summed E-state index contributed by atoms with van der Waals surface area (Å²) in [4.78, 5) is 18.2. The van der Waals surface area contributed by atoms with Gasteiger partial charge in [-0.25, -0.2) is 13.8 Å². The predicted octanol–water partition coefficient (Wildman–Crippen LogP) is 1.89. The molecule has 1 aromatic carbocycles. The second kappa shape index (κ2) is 5.30. The number of thioether (sulfide) groups is 1. The van der Waals surface area contributed by atoms with Crippen LogP contribution in [0.4, 0.5) is 14.5 Å². The molecule has 1 heterocycles. The van der Waals surface area contributed by atoms with Crippen LogP contribution in [0.1, 0.15) is 5.56 Å². The summed E-state index contributed by atoms with van der Waals surface area (Å²) in [5, 5.41) is 9.26. The number of nitrogens with one attached hydrogen (secondary N) is 1. The number of hydrogen-bond donors (Lipinski definition) is 2. The molecule has 5 nitrogen and oxygen atoms in total. The summed E-state index contributed by atoms with van der Waals surface area (Å²) in [5.41, 5.74) is 3.97. The second-order valence-corrected chi connectivity index (χ2v) is 4.53. The molecule has 0 aliphatic rings. The fourth-order valence-corrected chi connectivity index (χ4v) is 2.00. The van der Waals surface area contributed by atoms with Crippen molar-refractivity contribution in [3.63, 3.8) is 0 Å². The number of hydrogen-bond acceptors (Lipinski definition) is 5. The molecule has 20 heavy (non-hydrogen) atoms. The number of rotatable bonds is 2. The van der Waals surface area contributed by atoms with Crippen molar-refractivity contribution in [1.82, 2.24) is 9.97 Å². The highest BCUT2D eigenvalue weighted by Crippen LogP contribution is 2.29. The van der Waals surface area contributed by atoms with Gasteiger partial charge in [-0.15, -0.1) is 0 Å². The van der Waals surface area contributed by atoms with E-state index in [0.717, 1.165) is 17.8 Å². The normalized spacial score (nSPS) is 10.3. The number of H-pyrrole nitrogens is 1. The van der Waals surface area contributed by atoms with Gasteiger partial charge in [0.2, 0.25) is 0 Å². The third-order valence-electron chi connectivity index (χ3n) is 2.59. The lowest BCUT2D eigenvalue weighted by atomic mass is 10.1. The van der Waals surface area contributed by atoms with Gasteiger partial charge in [0.05, 0.1) is 11.4 Å². The quantitative estimate of drug-likeness (QED) is 0.501. The lowest BCUT2D eigenvalue weighted by molar-refractivity contribution is 0.512. The summed E-state index contributed by atoms with van der Waals surface area (Å²) in [7, 11) is 0. The van der Waals surface area contributed by atoms with Gasteiger partial charge in [0.1, 0.15) is 11.6 Å². The Morgan fingerprint density at radius 2 is 2.15 bits per heavy atom. The molecule has 0 bridgehead atoms. The number of aromatic amines is 1. The second-order valence-electron chi connectivity index (χ2n) is 3.73. The van der Waals surface area contributed by atoms with E-state index in [1.165, 1.54) is 6.07 Å². The Kier molecular flexibility index (Phi) is 3.72. The fourth-order valence-electron chi connectivity index (χ4n) is 1.62. The fraction of sp³-hybridized carbons (Fsp3) is 0.0833. The molecule has 0 atom stereocenters. The monoisotopic (exact) mass is 294 g/mol. The molecule has 0 saturated heterocycles. The van der Waals surface area contributed by atoms with E-state index < -0.39 is 22.9 Å². The highest BCUT2D eigenvalue weighted by atomic mass is 32.2. The number of anilines is 1. The minimum atomic E-state index is -1.24. The van der Waals surface area contributed by atoms with Crippen molar-refractivity contribution >= 4 is 17.4 Å². The molecule has 0 saturated carbocycles. The summed E-state index contributed by atoms with van der Waals surface area (Å²) in [6.45, 7) is 0. The topological polar surface area (TPSA) is 95.6 Å². The van der Waals surface area contributed by atoms with E-state index in [1.807, 2.05) is 0 Å². The molecule has 0 radical (unpaired) electrons. The predicted molar refractivity (Wildman–Crippen MR) is 71.1 cm³/mol. The molecule has 0 amide bonds. The van der Waals surface area contributed by atoms with Crippen molar-refractivity contribution in [3.05, 3.63) is 39.7 Å². The molecular weight excluding hydrogens is 286 g/mol. The molecule has 2 rings (SSSR count). The number of nitrogen functional groups attached to an aromatic ring is 1. The number of aromatic nitrogens is 2. The van der Waals surface area contributed by atoms with E-state index in [2.05, 4.69) is 9.97 Å². The highest BCUT2D eigenvalue weighted by molar-refractivity contribution is 7.98. The van der Waals surface area contributed by atoms with Crippen molar-refractivity contribution in [2.24, 2.45) is 0 Å². The maximum atomic E-state index is 13.5. The van der Waals surface area contributed by atoms with Gasteiger partial charge in [0.25, 0.3) is 5.56 Å². The Hall–Kier alpha value is -2.40. The molecule has 3 N–H and O–H groups in total. The Bertz CT molecular complexity index is 782. The lowest BCUT2D eigenvalue weighted by Crippen LogP contribution is -2.15. The first-order chi connectivity index (χ1) is 9.49. The number of nitriles is 1. The van der Waals surface area contributed by atoms with E-state index in [-0.39, 0.29) is 22.0 Å². The van der Waals surface area contributed by atoms with Crippen LogP contribution >= 0.6 is 11.8 Å². The molecule has 102 valence electrons. The zero-order valence-corrected chi connectivity index (χ0v) is 11.0. The minimum absolute atomic E-state index is 0.00171. The first-order valence-corrected chi connectivity index (χ1v) is 6.54. The van der Waals surface area contributed by atoms with Gasteiger partial charge < -0.3 is 10.7 Å². The van der Waals surface area contributed by atoms with Crippen molar-refractivity contribution in [3.8, 4) is 17.3 Å². The highest BCUT2D eigenvalue weighted by Gasteiger charge is 2.18. The molecule has 0 spiro atoms. The molecule has 2 aromatic rings. The standard InChI is InChI=1S/C12H8F2N4OS/c1-20-12-17-10(6(4-15)11(19)18-12)5-2-3-7(13)8(14)9(5)16/h2-3H,16H2,1H3,(H,17,18,19). The smallest absolute Gasteiger partial charge is 0.270 e. The van der Waals surface area contributed by atoms with Crippen LogP contribution in [0.5, 0.6) is 0 Å². The van der Waals surface area contributed by atoms with Crippen molar-refractivity contribution in [1.29, 1.82) is 5.26 Å². The van der Waals surface area contributed by atoms with E-state index >= 15 is 0 Å². The van der Waals surface area contributed by atoms with Crippen molar-refractivity contribution in [2.45, 2.75) is 5.16 Å². The molecule has 0 aliphatic heterocycles. The SMILES string of the molecule is CSc1nc(-c2ccc(F)c(F)c2N)c(C#N)c(=O)[nH]1. The third-order valence-corrected chi connectivity index (χ3v) is 3.17. The molecular formula is C12H8F2N4OS. The minimum Gasteiger partial charge on any atom is -0.396 e. The van der Waals surface area contributed by atoms with Gasteiger partial charge in [-0.3, -0.25) is 4.79 Å². The number of nitrogens with two attached hydrogens (primary N) is 1. The Morgan fingerprint density at radius 3 is 2.75 bits per heavy atom. The van der Waals surface area contributed by atoms with E-state index in [4.69, 9.17) is 11.0 Å². The summed E-state index contributed by atoms with van der Waals surface area (Å²) >= 11 is 1.14. The van der Waals surface area contributed by atoms with Crippen LogP contribution < -0.4 is 11.3 Å². The summed E-state index contributed by atoms with van der Waals surface area (Å²) < 4.78 is 26.6. The molecule has 0 unspecified atom stereocenters. The van der Waals surface area contributed by atoms with Crippen LogP contribution in [0.15, 0.2) is 22.1 Å². The van der Waals surface area contributed by atoms with Crippen LogP contribution in [0, 0.1) is 23.0 Å². The van der Waals surface area contributed by atoms with Gasteiger partial charge in [-0.1, -0.05) is 11.8 Å². The molecule has 0 aliphatic carbocycles. The lowest BCUT2D eigenvalue weighted by Gasteiger charge is -2.09. The Balaban J connectivity index is 2.82. The number of halogens is 2. The summed E-state index contributed by atoms with van der Waals surface area (Å²) in [6, 6.07) is 3.73. The summed E-state index contributed by atoms with van der Waals surface area (Å²) in [5.74, 6) is -2.35. The van der Waals surface area contributed by atoms with Crippen LogP contribution in [0.3, 0.4) is 0 Å². The van der Waals surface area contributed by atoms with E-state index in [9.17, 15) is 13.6 Å². The number of benzene rings is 1. The average Bonchev–Trinajstić information content (AvgIpc) is 2.44. The summed E-state index contributed by atoms with van der Waals surface area (Å²) in [6.07, 6.45) is 1.67. The molecule has 1 aromatic heterocycles. The maximum absolute atomic E-state index is 13.5. The van der Waals surface area contributed by atoms with Gasteiger partial charge in [-0.2, -0.15) is 5.26 Å². The third kappa shape index (κ3) is 2.23. The average molecular weight is 294 g/mol. The van der Waals surface area contributed by atoms with Crippen molar-refractivity contribution < 1.29 is 8.78 Å². The van der Waals surface area contributed by atoms with Gasteiger partial charge in [0.15, 0.2) is 16.8 Å². The van der Waals surface area contributed by atoms with Gasteiger partial charge in [0, 0.05) is 5.56 Å². The zero-order chi connectivity index (χ0) is 14.9. The van der Waals surface area contributed by atoms with Crippen LogP contribution in [-0.4, -0.2) is 16.2 Å². The largest absolute Gasteiger partial charge is 0.396 e. The van der Waals surface area contributed by atoms with Crippen LogP contribution in [0.25, 0.3) is 11.3 Å². The van der Waals surface area contributed by atoms with Crippen molar-refractivity contribution in [2.75, 3.05) is 12.0 Å². The van der Waals surface area contributed by atoms with E-state index in [0.29, 0.717) is 0 Å². The first kappa shape index (κ1) is 14.0. The first-order valence-electron chi connectivity index (χ1n) is 5.31. The van der Waals surface area contributed by atoms with Crippen LogP contribution in [-0.2, 0) is 0 Å². The van der Waals surface area contributed by atoms with Gasteiger partial charge >= 0.3 is 0 Å². The zero-order valence-electron chi connectivity index (χ0n) is 10.2. The van der Waals surface area contributed by atoms with E-state index in [1.54, 1.807) is 12.3 Å². The maximum Gasteiger partial charge on any atom is 0.270 e. The van der Waals surface area contributed by atoms with Crippen LogP contribution in [0.2, 0.25) is 0 Å². The van der Waals surface area contributed by atoms with Gasteiger partial charge in [-0.05, 0) is 18.4 Å². The Labute approximate surface area is 116 Å². The molecule has 0 fully saturated rings. The Morgan fingerprint density at radius 1 is 1.45 bits per heavy atom.